The summed E-state index contributed by atoms with van der Waals surface area (Å²) in [4.78, 5) is 13.9. The van der Waals surface area contributed by atoms with Crippen molar-refractivity contribution < 1.29 is 9.53 Å². The van der Waals surface area contributed by atoms with Crippen molar-refractivity contribution in [2.24, 2.45) is 0 Å². The first-order chi connectivity index (χ1) is 9.83. The molecule has 1 aliphatic heterocycles. The average Bonchev–Trinajstić information content (AvgIpc) is 2.40. The predicted octanol–water partition coefficient (Wildman–Crippen LogP) is 4.15. The largest absolute Gasteiger partial charge is 0.444 e. The Balaban J connectivity index is 1.91. The van der Waals surface area contributed by atoms with E-state index in [0.717, 1.165) is 30.1 Å². The molecular weight excluding hydrogens is 288 g/mol. The number of hydrogen-bond acceptors (Lipinski definition) is 3. The third-order valence-corrected chi connectivity index (χ3v) is 3.54. The molecule has 4 nitrogen and oxygen atoms in total. The molecular formula is C16H23ClN2O2. The van der Waals surface area contributed by atoms with E-state index < -0.39 is 5.60 Å². The number of hydrogen-bond donors (Lipinski definition) is 1. The lowest BCUT2D eigenvalue weighted by Crippen LogP contribution is -2.46. The summed E-state index contributed by atoms with van der Waals surface area (Å²) in [5.74, 6) is 0. The fraction of sp³-hybridized carbons (Fsp3) is 0.562. The molecule has 21 heavy (non-hydrogen) atoms. The number of rotatable bonds is 2. The van der Waals surface area contributed by atoms with Crippen LogP contribution in [0.4, 0.5) is 10.5 Å². The summed E-state index contributed by atoms with van der Waals surface area (Å²) in [7, 11) is 0. The van der Waals surface area contributed by atoms with Crippen molar-refractivity contribution in [3.8, 4) is 0 Å². The molecule has 1 heterocycles. The molecule has 116 valence electrons. The number of benzene rings is 1. The van der Waals surface area contributed by atoms with Gasteiger partial charge >= 0.3 is 6.09 Å². The van der Waals surface area contributed by atoms with E-state index in [1.807, 2.05) is 45.0 Å². The number of halogens is 1. The molecule has 1 aromatic carbocycles. The third kappa shape index (κ3) is 5.12. The summed E-state index contributed by atoms with van der Waals surface area (Å²) >= 11 is 5.88. The molecule has 0 aliphatic carbocycles. The first kappa shape index (κ1) is 16.0. The van der Waals surface area contributed by atoms with Crippen molar-refractivity contribution in [2.75, 3.05) is 18.4 Å². The van der Waals surface area contributed by atoms with Crippen LogP contribution in [0, 0.1) is 0 Å². The Morgan fingerprint density at radius 3 is 2.62 bits per heavy atom. The predicted molar refractivity (Wildman–Crippen MR) is 85.9 cm³/mol. The Kier molecular flexibility index (Phi) is 4.99. The highest BCUT2D eigenvalue weighted by Gasteiger charge is 2.27. The zero-order chi connectivity index (χ0) is 15.5. The number of ether oxygens (including phenoxy) is 1. The van der Waals surface area contributed by atoms with Crippen LogP contribution < -0.4 is 5.32 Å². The van der Waals surface area contributed by atoms with E-state index in [2.05, 4.69) is 5.32 Å². The summed E-state index contributed by atoms with van der Waals surface area (Å²) in [5, 5.41) is 4.17. The molecule has 5 heteroatoms. The van der Waals surface area contributed by atoms with E-state index in [-0.39, 0.29) is 12.1 Å². The van der Waals surface area contributed by atoms with Gasteiger partial charge in [0.25, 0.3) is 0 Å². The van der Waals surface area contributed by atoms with Crippen LogP contribution in [0.1, 0.15) is 33.6 Å². The van der Waals surface area contributed by atoms with Crippen LogP contribution in [0.2, 0.25) is 5.02 Å². The van der Waals surface area contributed by atoms with Gasteiger partial charge in [-0.1, -0.05) is 11.6 Å². The van der Waals surface area contributed by atoms with Gasteiger partial charge in [0.05, 0.1) is 0 Å². The van der Waals surface area contributed by atoms with Crippen LogP contribution in [-0.2, 0) is 4.74 Å². The normalized spacial score (nSPS) is 19.2. The maximum absolute atomic E-state index is 12.1. The SMILES string of the molecule is CC(C)(C)OC(=O)N1CCC[C@@H](Nc2ccc(Cl)cc2)C1. The summed E-state index contributed by atoms with van der Waals surface area (Å²) in [5.41, 5.74) is 0.573. The van der Waals surface area contributed by atoms with Crippen LogP contribution in [0.5, 0.6) is 0 Å². The van der Waals surface area contributed by atoms with E-state index in [9.17, 15) is 4.79 Å². The topological polar surface area (TPSA) is 41.6 Å². The minimum absolute atomic E-state index is 0.231. The molecule has 1 saturated heterocycles. The molecule has 0 saturated carbocycles. The maximum Gasteiger partial charge on any atom is 0.410 e. The Morgan fingerprint density at radius 1 is 1.33 bits per heavy atom. The second-order valence-corrected chi connectivity index (χ2v) is 6.85. The lowest BCUT2D eigenvalue weighted by atomic mass is 10.1. The highest BCUT2D eigenvalue weighted by molar-refractivity contribution is 6.30. The molecule has 1 N–H and O–H groups in total. The van der Waals surface area contributed by atoms with Crippen LogP contribution in [0.3, 0.4) is 0 Å². The average molecular weight is 311 g/mol. The van der Waals surface area contributed by atoms with Crippen LogP contribution in [0.25, 0.3) is 0 Å². The van der Waals surface area contributed by atoms with Crippen molar-refractivity contribution in [1.29, 1.82) is 0 Å². The molecule has 1 aliphatic rings. The minimum atomic E-state index is -0.451. The number of likely N-dealkylation sites (tertiary alicyclic amines) is 1. The quantitative estimate of drug-likeness (QED) is 0.892. The molecule has 0 bridgehead atoms. The molecule has 1 amide bonds. The second-order valence-electron chi connectivity index (χ2n) is 6.42. The highest BCUT2D eigenvalue weighted by atomic mass is 35.5. The number of nitrogens with zero attached hydrogens (tertiary/aromatic N) is 1. The van der Waals surface area contributed by atoms with Gasteiger partial charge in [-0.05, 0) is 57.9 Å². The Hall–Kier alpha value is -1.42. The van der Waals surface area contributed by atoms with Gasteiger partial charge < -0.3 is 15.0 Å². The number of nitrogens with one attached hydrogen (secondary N) is 1. The molecule has 1 fully saturated rings. The monoisotopic (exact) mass is 310 g/mol. The number of amides is 1. The number of anilines is 1. The summed E-state index contributed by atoms with van der Waals surface area (Å²) in [6.45, 7) is 7.08. The number of carbonyl (C=O) groups excluding carboxylic acids is 1. The van der Waals surface area contributed by atoms with Crippen molar-refractivity contribution in [1.82, 2.24) is 4.90 Å². The summed E-state index contributed by atoms with van der Waals surface area (Å²) in [6, 6.07) is 7.87. The van der Waals surface area contributed by atoms with Crippen molar-refractivity contribution >= 4 is 23.4 Å². The lowest BCUT2D eigenvalue weighted by molar-refractivity contribution is 0.0206. The molecule has 0 spiro atoms. The van der Waals surface area contributed by atoms with Gasteiger partial charge in [-0.2, -0.15) is 0 Å². The third-order valence-electron chi connectivity index (χ3n) is 3.29. The van der Waals surface area contributed by atoms with Crippen LogP contribution in [0.15, 0.2) is 24.3 Å². The fourth-order valence-electron chi connectivity index (χ4n) is 2.37. The molecule has 0 aromatic heterocycles. The Morgan fingerprint density at radius 2 is 2.00 bits per heavy atom. The zero-order valence-electron chi connectivity index (χ0n) is 12.9. The minimum Gasteiger partial charge on any atom is -0.444 e. The molecule has 1 atom stereocenters. The van der Waals surface area contributed by atoms with Crippen LogP contribution >= 0.6 is 11.6 Å². The van der Waals surface area contributed by atoms with Gasteiger partial charge in [-0.25, -0.2) is 4.79 Å². The lowest BCUT2D eigenvalue weighted by Gasteiger charge is -2.34. The van der Waals surface area contributed by atoms with Crippen LogP contribution in [-0.4, -0.2) is 35.7 Å². The Bertz CT molecular complexity index is 482. The number of piperidine rings is 1. The van der Waals surface area contributed by atoms with E-state index in [0.29, 0.717) is 6.54 Å². The standard InChI is InChI=1S/C16H23ClN2O2/c1-16(2,3)21-15(20)19-10-4-5-14(11-19)18-13-8-6-12(17)7-9-13/h6-9,14,18H,4-5,10-11H2,1-3H3/t14-/m1/s1. The first-order valence-electron chi connectivity index (χ1n) is 7.33. The van der Waals surface area contributed by atoms with E-state index in [1.54, 1.807) is 4.90 Å². The van der Waals surface area contributed by atoms with Gasteiger partial charge in [0, 0.05) is 29.8 Å². The smallest absolute Gasteiger partial charge is 0.410 e. The van der Waals surface area contributed by atoms with E-state index in [4.69, 9.17) is 16.3 Å². The van der Waals surface area contributed by atoms with Gasteiger partial charge in [0.15, 0.2) is 0 Å². The summed E-state index contributed by atoms with van der Waals surface area (Å²) < 4.78 is 5.43. The van der Waals surface area contributed by atoms with Gasteiger partial charge in [0.1, 0.15) is 5.60 Å². The maximum atomic E-state index is 12.1. The molecule has 2 rings (SSSR count). The second kappa shape index (κ2) is 6.56. The van der Waals surface area contributed by atoms with Gasteiger partial charge in [-0.15, -0.1) is 0 Å². The molecule has 0 unspecified atom stereocenters. The van der Waals surface area contributed by atoms with Crippen molar-refractivity contribution in [3.05, 3.63) is 29.3 Å². The molecule has 1 aromatic rings. The summed E-state index contributed by atoms with van der Waals surface area (Å²) in [6.07, 6.45) is 1.79. The van der Waals surface area contributed by atoms with Gasteiger partial charge in [-0.3, -0.25) is 0 Å². The van der Waals surface area contributed by atoms with Crippen molar-refractivity contribution in [3.63, 3.8) is 0 Å². The highest BCUT2D eigenvalue weighted by Crippen LogP contribution is 2.20. The molecule has 0 radical (unpaired) electrons. The van der Waals surface area contributed by atoms with E-state index >= 15 is 0 Å². The number of carbonyl (C=O) groups is 1. The Labute approximate surface area is 131 Å². The van der Waals surface area contributed by atoms with Gasteiger partial charge in [0.2, 0.25) is 0 Å². The van der Waals surface area contributed by atoms with E-state index in [1.165, 1.54) is 0 Å². The first-order valence-corrected chi connectivity index (χ1v) is 7.71. The van der Waals surface area contributed by atoms with Crippen molar-refractivity contribution in [2.45, 2.75) is 45.3 Å². The zero-order valence-corrected chi connectivity index (χ0v) is 13.6. The fourth-order valence-corrected chi connectivity index (χ4v) is 2.50.